The Kier molecular flexibility index (Phi) is 6.09. The van der Waals surface area contributed by atoms with Crippen molar-refractivity contribution in [1.82, 2.24) is 5.32 Å². The Morgan fingerprint density at radius 3 is 2.58 bits per heavy atom. The quantitative estimate of drug-likeness (QED) is 0.724. The summed E-state index contributed by atoms with van der Waals surface area (Å²) in [5, 5.41) is 15.3. The summed E-state index contributed by atoms with van der Waals surface area (Å²) in [5.41, 5.74) is 0.127. The lowest BCUT2D eigenvalue weighted by molar-refractivity contribution is -0.118. The monoisotopic (exact) mass is 334 g/mol. The van der Waals surface area contributed by atoms with Gasteiger partial charge in [0.05, 0.1) is 6.10 Å². The molecule has 0 spiro atoms. The summed E-state index contributed by atoms with van der Waals surface area (Å²) in [6.45, 7) is 2.33. The van der Waals surface area contributed by atoms with E-state index in [0.29, 0.717) is 12.2 Å². The molecular formula is C18H23FN2O3. The zero-order valence-corrected chi connectivity index (χ0v) is 13.7. The smallest absolute Gasteiger partial charge is 0.248 e. The standard InChI is InChI=1S/C18H23FN2O3/c1-18(11-3-2-4-15(18)22)12-20-16(23)9-10-17(24)21-14-7-5-13(19)6-8-14/h5-10,15,22H,2-4,11-12H2,1H3,(H,20,23)(H,21,24)/b10-9+. The summed E-state index contributed by atoms with van der Waals surface area (Å²) < 4.78 is 12.8. The lowest BCUT2D eigenvalue weighted by atomic mass is 9.73. The van der Waals surface area contributed by atoms with E-state index < -0.39 is 12.0 Å². The van der Waals surface area contributed by atoms with E-state index in [0.717, 1.165) is 37.8 Å². The number of carbonyl (C=O) groups is 2. The normalized spacial score (nSPS) is 23.9. The molecule has 1 fully saturated rings. The van der Waals surface area contributed by atoms with E-state index in [1.54, 1.807) is 0 Å². The average molecular weight is 334 g/mol. The minimum atomic E-state index is -0.472. The van der Waals surface area contributed by atoms with Crippen molar-refractivity contribution >= 4 is 17.5 Å². The van der Waals surface area contributed by atoms with Crippen LogP contribution in [-0.4, -0.2) is 29.6 Å². The van der Waals surface area contributed by atoms with Gasteiger partial charge in [-0.15, -0.1) is 0 Å². The average Bonchev–Trinajstić information content (AvgIpc) is 2.56. The van der Waals surface area contributed by atoms with E-state index in [1.807, 2.05) is 6.92 Å². The van der Waals surface area contributed by atoms with E-state index in [2.05, 4.69) is 10.6 Å². The Morgan fingerprint density at radius 1 is 1.25 bits per heavy atom. The van der Waals surface area contributed by atoms with Gasteiger partial charge < -0.3 is 15.7 Å². The first-order chi connectivity index (χ1) is 11.4. The minimum absolute atomic E-state index is 0.321. The highest BCUT2D eigenvalue weighted by molar-refractivity contribution is 6.03. The van der Waals surface area contributed by atoms with Gasteiger partial charge in [0.25, 0.3) is 0 Å². The Balaban J connectivity index is 1.79. The summed E-state index contributed by atoms with van der Waals surface area (Å²) in [7, 11) is 0. The molecule has 2 rings (SSSR count). The fraction of sp³-hybridized carbons (Fsp3) is 0.444. The molecule has 0 saturated heterocycles. The Bertz CT molecular complexity index is 615. The zero-order valence-electron chi connectivity index (χ0n) is 13.7. The van der Waals surface area contributed by atoms with Gasteiger partial charge in [0.15, 0.2) is 0 Å². The van der Waals surface area contributed by atoms with Gasteiger partial charge in [0.2, 0.25) is 11.8 Å². The molecule has 1 aliphatic carbocycles. The molecule has 0 aromatic heterocycles. The molecule has 0 bridgehead atoms. The van der Waals surface area contributed by atoms with Crippen molar-refractivity contribution in [2.24, 2.45) is 5.41 Å². The highest BCUT2D eigenvalue weighted by Crippen LogP contribution is 2.35. The van der Waals surface area contributed by atoms with Crippen molar-refractivity contribution in [2.75, 3.05) is 11.9 Å². The lowest BCUT2D eigenvalue weighted by Crippen LogP contribution is -2.44. The summed E-state index contributed by atoms with van der Waals surface area (Å²) in [5.74, 6) is -1.25. The maximum absolute atomic E-state index is 12.8. The fourth-order valence-electron chi connectivity index (χ4n) is 2.80. The summed E-state index contributed by atoms with van der Waals surface area (Å²) in [4.78, 5) is 23.5. The van der Waals surface area contributed by atoms with Gasteiger partial charge in [-0.1, -0.05) is 19.8 Å². The number of hydrogen-bond donors (Lipinski definition) is 3. The number of halogens is 1. The molecule has 3 N–H and O–H groups in total. The minimum Gasteiger partial charge on any atom is -0.392 e. The molecule has 1 saturated carbocycles. The largest absolute Gasteiger partial charge is 0.392 e. The zero-order chi connectivity index (χ0) is 17.6. The fourth-order valence-corrected chi connectivity index (χ4v) is 2.80. The third kappa shape index (κ3) is 5.16. The molecule has 2 amide bonds. The van der Waals surface area contributed by atoms with Crippen molar-refractivity contribution in [1.29, 1.82) is 0 Å². The van der Waals surface area contributed by atoms with Crippen LogP contribution in [0.3, 0.4) is 0 Å². The van der Waals surface area contributed by atoms with Gasteiger partial charge in [0.1, 0.15) is 5.82 Å². The maximum atomic E-state index is 12.8. The van der Waals surface area contributed by atoms with Gasteiger partial charge in [-0.3, -0.25) is 9.59 Å². The van der Waals surface area contributed by atoms with E-state index in [4.69, 9.17) is 0 Å². The van der Waals surface area contributed by atoms with Gasteiger partial charge in [-0.05, 0) is 37.1 Å². The van der Waals surface area contributed by atoms with Crippen LogP contribution in [0, 0.1) is 11.2 Å². The third-order valence-electron chi connectivity index (χ3n) is 4.44. The van der Waals surface area contributed by atoms with E-state index in [9.17, 15) is 19.1 Å². The van der Waals surface area contributed by atoms with Crippen LogP contribution in [0.25, 0.3) is 0 Å². The number of benzene rings is 1. The molecule has 0 radical (unpaired) electrons. The van der Waals surface area contributed by atoms with Crippen LogP contribution in [-0.2, 0) is 9.59 Å². The summed E-state index contributed by atoms with van der Waals surface area (Å²) in [6, 6.07) is 5.35. The second kappa shape index (κ2) is 8.06. The molecule has 1 aromatic carbocycles. The Labute approximate surface area is 140 Å². The van der Waals surface area contributed by atoms with Crippen molar-refractivity contribution in [3.05, 3.63) is 42.2 Å². The van der Waals surface area contributed by atoms with Crippen molar-refractivity contribution in [3.63, 3.8) is 0 Å². The lowest BCUT2D eigenvalue weighted by Gasteiger charge is -2.38. The van der Waals surface area contributed by atoms with Gasteiger partial charge in [-0.2, -0.15) is 0 Å². The summed E-state index contributed by atoms with van der Waals surface area (Å²) in [6.07, 6.45) is 5.52. The summed E-state index contributed by atoms with van der Waals surface area (Å²) >= 11 is 0. The number of aliphatic hydroxyl groups is 1. The topological polar surface area (TPSA) is 78.4 Å². The van der Waals surface area contributed by atoms with Crippen molar-refractivity contribution in [2.45, 2.75) is 38.7 Å². The predicted octanol–water partition coefficient (Wildman–Crippen LogP) is 2.38. The first-order valence-electron chi connectivity index (χ1n) is 8.10. The maximum Gasteiger partial charge on any atom is 0.248 e. The molecule has 1 aromatic rings. The third-order valence-corrected chi connectivity index (χ3v) is 4.44. The molecular weight excluding hydrogens is 311 g/mol. The first-order valence-corrected chi connectivity index (χ1v) is 8.10. The first kappa shape index (κ1) is 18.1. The molecule has 0 aliphatic heterocycles. The number of amides is 2. The number of rotatable bonds is 5. The predicted molar refractivity (Wildman–Crippen MR) is 89.8 cm³/mol. The van der Waals surface area contributed by atoms with Gasteiger partial charge in [0, 0.05) is 29.8 Å². The van der Waals surface area contributed by atoms with Crippen LogP contribution in [0.1, 0.15) is 32.6 Å². The Morgan fingerprint density at radius 2 is 1.92 bits per heavy atom. The molecule has 5 nitrogen and oxygen atoms in total. The highest BCUT2D eigenvalue weighted by atomic mass is 19.1. The molecule has 1 aliphatic rings. The molecule has 2 unspecified atom stereocenters. The van der Waals surface area contributed by atoms with Crippen LogP contribution in [0.5, 0.6) is 0 Å². The molecule has 0 heterocycles. The SMILES string of the molecule is CC1(CNC(=O)/C=C/C(=O)Nc2ccc(F)cc2)CCCCC1O. The molecule has 130 valence electrons. The van der Waals surface area contributed by atoms with E-state index >= 15 is 0 Å². The second-order valence-corrected chi connectivity index (χ2v) is 6.46. The van der Waals surface area contributed by atoms with Gasteiger partial charge >= 0.3 is 0 Å². The van der Waals surface area contributed by atoms with Crippen LogP contribution in [0.4, 0.5) is 10.1 Å². The second-order valence-electron chi connectivity index (χ2n) is 6.46. The number of aliphatic hydroxyl groups excluding tert-OH is 1. The number of nitrogens with one attached hydrogen (secondary N) is 2. The van der Waals surface area contributed by atoms with E-state index in [-0.39, 0.29) is 17.1 Å². The van der Waals surface area contributed by atoms with Gasteiger partial charge in [-0.25, -0.2) is 4.39 Å². The van der Waals surface area contributed by atoms with Crippen molar-refractivity contribution in [3.8, 4) is 0 Å². The molecule has 2 atom stereocenters. The van der Waals surface area contributed by atoms with Crippen LogP contribution >= 0.6 is 0 Å². The Hall–Kier alpha value is -2.21. The van der Waals surface area contributed by atoms with Crippen LogP contribution in [0.15, 0.2) is 36.4 Å². The van der Waals surface area contributed by atoms with E-state index in [1.165, 1.54) is 24.3 Å². The van der Waals surface area contributed by atoms with Crippen LogP contribution in [0.2, 0.25) is 0 Å². The highest BCUT2D eigenvalue weighted by Gasteiger charge is 2.35. The van der Waals surface area contributed by atoms with Crippen molar-refractivity contribution < 1.29 is 19.1 Å². The molecule has 6 heteroatoms. The molecule has 24 heavy (non-hydrogen) atoms. The number of carbonyl (C=O) groups excluding carboxylic acids is 2. The number of hydrogen-bond acceptors (Lipinski definition) is 3. The number of anilines is 1. The van der Waals surface area contributed by atoms with Crippen LogP contribution < -0.4 is 10.6 Å².